The second-order valence-electron chi connectivity index (χ2n) is 5.98. The van der Waals surface area contributed by atoms with Gasteiger partial charge < -0.3 is 15.4 Å². The van der Waals surface area contributed by atoms with Crippen LogP contribution in [0.25, 0.3) is 11.5 Å². The molecular weight excluding hydrogens is 290 g/mol. The first-order valence-electron chi connectivity index (χ1n) is 8.27. The van der Waals surface area contributed by atoms with Crippen LogP contribution < -0.4 is 10.6 Å². The first-order chi connectivity index (χ1) is 11.4. The minimum absolute atomic E-state index is 0.292. The Kier molecular flexibility index (Phi) is 4.17. The normalized spacial score (nSPS) is 20.3. The van der Waals surface area contributed by atoms with E-state index in [9.17, 15) is 0 Å². The smallest absolute Gasteiger partial charge is 0.180 e. The molecule has 6 heteroatoms. The van der Waals surface area contributed by atoms with Crippen molar-refractivity contribution in [3.05, 3.63) is 35.7 Å². The molecule has 1 atom stereocenters. The number of fused-ring (bicyclic) bond motifs is 1. The van der Waals surface area contributed by atoms with Crippen molar-refractivity contribution in [3.63, 3.8) is 0 Å². The van der Waals surface area contributed by atoms with E-state index in [1.807, 2.05) is 18.2 Å². The molecule has 1 saturated heterocycles. The summed E-state index contributed by atoms with van der Waals surface area (Å²) in [4.78, 5) is 13.8. The van der Waals surface area contributed by atoms with Crippen LogP contribution in [0.4, 0.5) is 5.82 Å². The lowest BCUT2D eigenvalue weighted by Gasteiger charge is -2.21. The number of nitrogens with zero attached hydrogens (tertiary/aromatic N) is 3. The molecule has 2 aromatic rings. The van der Waals surface area contributed by atoms with E-state index in [1.165, 1.54) is 5.56 Å². The Labute approximate surface area is 135 Å². The van der Waals surface area contributed by atoms with E-state index in [1.54, 1.807) is 6.20 Å². The van der Waals surface area contributed by atoms with Crippen LogP contribution in [0.1, 0.15) is 24.1 Å². The van der Waals surface area contributed by atoms with E-state index in [-0.39, 0.29) is 0 Å². The van der Waals surface area contributed by atoms with Gasteiger partial charge in [0.15, 0.2) is 5.82 Å². The summed E-state index contributed by atoms with van der Waals surface area (Å²) in [5.74, 6) is 1.62. The zero-order valence-electron chi connectivity index (χ0n) is 13.1. The van der Waals surface area contributed by atoms with Gasteiger partial charge in [-0.25, -0.2) is 9.97 Å². The largest absolute Gasteiger partial charge is 0.376 e. The average molecular weight is 311 g/mol. The van der Waals surface area contributed by atoms with Gasteiger partial charge in [-0.2, -0.15) is 0 Å². The highest BCUT2D eigenvalue weighted by molar-refractivity contribution is 5.57. The second kappa shape index (κ2) is 6.60. The van der Waals surface area contributed by atoms with Crippen molar-refractivity contribution in [3.8, 4) is 11.5 Å². The average Bonchev–Trinajstić information content (AvgIpc) is 3.14. The van der Waals surface area contributed by atoms with Gasteiger partial charge in [0.05, 0.1) is 11.8 Å². The van der Waals surface area contributed by atoms with Gasteiger partial charge in [-0.1, -0.05) is 6.07 Å². The highest BCUT2D eigenvalue weighted by atomic mass is 16.5. The quantitative estimate of drug-likeness (QED) is 0.897. The van der Waals surface area contributed by atoms with Crippen molar-refractivity contribution in [1.29, 1.82) is 0 Å². The highest BCUT2D eigenvalue weighted by Crippen LogP contribution is 2.24. The molecule has 0 spiro atoms. The van der Waals surface area contributed by atoms with E-state index in [4.69, 9.17) is 14.7 Å². The van der Waals surface area contributed by atoms with Gasteiger partial charge in [0.25, 0.3) is 0 Å². The molecule has 0 saturated carbocycles. The SMILES string of the molecule is c1ccc(-c2nc3c(c(NC[C@H]4CCCO4)n2)CCNC3)nc1. The van der Waals surface area contributed by atoms with Gasteiger partial charge >= 0.3 is 0 Å². The molecule has 0 aromatic carbocycles. The highest BCUT2D eigenvalue weighted by Gasteiger charge is 2.20. The summed E-state index contributed by atoms with van der Waals surface area (Å²) >= 11 is 0. The van der Waals surface area contributed by atoms with Crippen molar-refractivity contribution in [1.82, 2.24) is 20.3 Å². The second-order valence-corrected chi connectivity index (χ2v) is 5.98. The van der Waals surface area contributed by atoms with Crippen molar-refractivity contribution >= 4 is 5.82 Å². The summed E-state index contributed by atoms with van der Waals surface area (Å²) in [5.41, 5.74) is 3.10. The monoisotopic (exact) mass is 311 g/mol. The molecule has 2 aliphatic rings. The zero-order valence-corrected chi connectivity index (χ0v) is 13.1. The van der Waals surface area contributed by atoms with Crippen molar-refractivity contribution in [2.24, 2.45) is 0 Å². The fourth-order valence-corrected chi connectivity index (χ4v) is 3.13. The van der Waals surface area contributed by atoms with Gasteiger partial charge in [-0.05, 0) is 37.9 Å². The molecule has 2 aliphatic heterocycles. The Morgan fingerprint density at radius 2 is 2.30 bits per heavy atom. The molecule has 23 heavy (non-hydrogen) atoms. The zero-order chi connectivity index (χ0) is 15.5. The fourth-order valence-electron chi connectivity index (χ4n) is 3.13. The summed E-state index contributed by atoms with van der Waals surface area (Å²) in [6.07, 6.45) is 5.29. The van der Waals surface area contributed by atoms with Crippen LogP contribution in [0.15, 0.2) is 24.4 Å². The maximum atomic E-state index is 5.70. The van der Waals surface area contributed by atoms with Gasteiger partial charge in [0.2, 0.25) is 0 Å². The topological polar surface area (TPSA) is 72.0 Å². The van der Waals surface area contributed by atoms with Crippen molar-refractivity contribution in [2.45, 2.75) is 31.9 Å². The molecule has 120 valence electrons. The molecule has 1 fully saturated rings. The Balaban J connectivity index is 1.64. The van der Waals surface area contributed by atoms with Crippen LogP contribution >= 0.6 is 0 Å². The van der Waals surface area contributed by atoms with Crippen LogP contribution in [0.3, 0.4) is 0 Å². The third kappa shape index (κ3) is 3.18. The maximum Gasteiger partial charge on any atom is 0.180 e. The van der Waals surface area contributed by atoms with Crippen LogP contribution in [-0.2, 0) is 17.7 Å². The number of nitrogens with one attached hydrogen (secondary N) is 2. The molecule has 2 N–H and O–H groups in total. The third-order valence-corrected chi connectivity index (χ3v) is 4.35. The minimum atomic E-state index is 0.292. The van der Waals surface area contributed by atoms with Gasteiger partial charge in [-0.3, -0.25) is 4.98 Å². The summed E-state index contributed by atoms with van der Waals surface area (Å²) in [7, 11) is 0. The first kappa shape index (κ1) is 14.5. The van der Waals surface area contributed by atoms with E-state index >= 15 is 0 Å². The molecule has 2 aromatic heterocycles. The van der Waals surface area contributed by atoms with E-state index in [0.717, 1.165) is 62.7 Å². The fraction of sp³-hybridized carbons (Fsp3) is 0.471. The molecule has 0 bridgehead atoms. The lowest BCUT2D eigenvalue weighted by molar-refractivity contribution is 0.120. The Hall–Kier alpha value is -2.05. The first-order valence-corrected chi connectivity index (χ1v) is 8.27. The molecule has 0 aliphatic carbocycles. The predicted octanol–water partition coefficient (Wildman–Crippen LogP) is 1.78. The maximum absolute atomic E-state index is 5.70. The molecule has 4 rings (SSSR count). The van der Waals surface area contributed by atoms with Crippen LogP contribution in [0, 0.1) is 0 Å². The summed E-state index contributed by atoms with van der Waals surface area (Å²) in [5, 5.41) is 6.87. The van der Waals surface area contributed by atoms with Crippen LogP contribution in [-0.4, -0.2) is 40.8 Å². The van der Waals surface area contributed by atoms with Crippen molar-refractivity contribution in [2.75, 3.05) is 25.0 Å². The van der Waals surface area contributed by atoms with E-state index < -0.39 is 0 Å². The number of aromatic nitrogens is 3. The number of rotatable bonds is 4. The molecule has 0 unspecified atom stereocenters. The van der Waals surface area contributed by atoms with Crippen LogP contribution in [0.5, 0.6) is 0 Å². The van der Waals surface area contributed by atoms with Crippen LogP contribution in [0.2, 0.25) is 0 Å². The lowest BCUT2D eigenvalue weighted by atomic mass is 10.1. The van der Waals surface area contributed by atoms with E-state index in [2.05, 4.69) is 15.6 Å². The minimum Gasteiger partial charge on any atom is -0.376 e. The van der Waals surface area contributed by atoms with Gasteiger partial charge in [0, 0.05) is 31.5 Å². The molecule has 0 radical (unpaired) electrons. The van der Waals surface area contributed by atoms with Gasteiger partial charge in [-0.15, -0.1) is 0 Å². The summed E-state index contributed by atoms with van der Waals surface area (Å²) < 4.78 is 5.70. The number of hydrogen-bond acceptors (Lipinski definition) is 6. The lowest BCUT2D eigenvalue weighted by Crippen LogP contribution is -2.28. The standard InChI is InChI=1S/C17H21N5O/c1-2-7-19-14(5-1)17-21-15-11-18-8-6-13(15)16(22-17)20-10-12-4-3-9-23-12/h1-2,5,7,12,18H,3-4,6,8-11H2,(H,20,21,22)/t12-/m1/s1. The Morgan fingerprint density at radius 1 is 1.30 bits per heavy atom. The third-order valence-electron chi connectivity index (χ3n) is 4.35. The number of pyridine rings is 1. The molecule has 4 heterocycles. The Morgan fingerprint density at radius 3 is 3.13 bits per heavy atom. The summed E-state index contributed by atoms with van der Waals surface area (Å²) in [6.45, 7) is 3.43. The Bertz CT molecular complexity index is 670. The van der Waals surface area contributed by atoms with Gasteiger partial charge in [0.1, 0.15) is 11.5 Å². The summed E-state index contributed by atoms with van der Waals surface area (Å²) in [6, 6.07) is 5.81. The molecule has 6 nitrogen and oxygen atoms in total. The molecular formula is C17H21N5O. The predicted molar refractivity (Wildman–Crippen MR) is 88.1 cm³/mol. The number of ether oxygens (including phenoxy) is 1. The number of hydrogen-bond donors (Lipinski definition) is 2. The van der Waals surface area contributed by atoms with Crippen molar-refractivity contribution < 1.29 is 4.74 Å². The number of anilines is 1. The molecule has 0 amide bonds. The van der Waals surface area contributed by atoms with E-state index in [0.29, 0.717) is 11.9 Å².